The quantitative estimate of drug-likeness (QED) is 0.379. The number of aliphatic imine (C=N–C) groups is 1. The monoisotopic (exact) mass is 486 g/mol. The molecule has 0 bridgehead atoms. The van der Waals surface area contributed by atoms with E-state index in [1.54, 1.807) is 0 Å². The van der Waals surface area contributed by atoms with Crippen LogP contribution in [0.1, 0.15) is 57.1 Å². The summed E-state index contributed by atoms with van der Waals surface area (Å²) >= 11 is 0. The number of nitrogens with two attached hydrogens (primary N) is 1. The second kappa shape index (κ2) is 11.2. The summed E-state index contributed by atoms with van der Waals surface area (Å²) in [6.07, 6.45) is 7.00. The Balaban J connectivity index is 0.00000261. The third kappa shape index (κ3) is 6.61. The molecule has 0 saturated carbocycles. The van der Waals surface area contributed by atoms with Gasteiger partial charge in [0.15, 0.2) is 5.96 Å². The third-order valence-corrected chi connectivity index (χ3v) is 5.75. The topological polar surface area (TPSA) is 62.9 Å². The number of hydrogen-bond donors (Lipinski definition) is 2. The summed E-state index contributed by atoms with van der Waals surface area (Å²) in [7, 11) is 0. The molecule has 1 unspecified atom stereocenters. The molecule has 3 rings (SSSR count). The van der Waals surface area contributed by atoms with E-state index in [2.05, 4.69) is 47.5 Å². The zero-order valence-corrected chi connectivity index (χ0v) is 18.9. The van der Waals surface area contributed by atoms with Crippen LogP contribution in [-0.2, 0) is 4.74 Å². The Morgan fingerprint density at radius 1 is 1.15 bits per heavy atom. The molecule has 5 nitrogen and oxygen atoms in total. The van der Waals surface area contributed by atoms with Crippen LogP contribution in [0.25, 0.3) is 0 Å². The van der Waals surface area contributed by atoms with Gasteiger partial charge in [0.2, 0.25) is 0 Å². The molecule has 27 heavy (non-hydrogen) atoms. The van der Waals surface area contributed by atoms with Crippen molar-refractivity contribution in [3.8, 4) is 0 Å². The van der Waals surface area contributed by atoms with Crippen LogP contribution in [0, 0.1) is 0 Å². The van der Waals surface area contributed by atoms with Crippen molar-refractivity contribution in [2.24, 2.45) is 10.7 Å². The maximum atomic E-state index is 6.35. The van der Waals surface area contributed by atoms with E-state index in [0.29, 0.717) is 5.96 Å². The molecule has 152 valence electrons. The second-order valence-electron chi connectivity index (χ2n) is 7.75. The van der Waals surface area contributed by atoms with Gasteiger partial charge in [0.1, 0.15) is 0 Å². The number of hydrogen-bond acceptors (Lipinski definition) is 3. The zero-order chi connectivity index (χ0) is 18.2. The lowest BCUT2D eigenvalue weighted by Crippen LogP contribution is -2.53. The van der Waals surface area contributed by atoms with Crippen molar-refractivity contribution in [2.45, 2.75) is 57.0 Å². The van der Waals surface area contributed by atoms with Gasteiger partial charge in [0, 0.05) is 37.9 Å². The van der Waals surface area contributed by atoms with Gasteiger partial charge in [-0.05, 0) is 38.2 Å². The van der Waals surface area contributed by atoms with Crippen LogP contribution in [0.4, 0.5) is 0 Å². The molecule has 0 amide bonds. The molecule has 1 aromatic rings. The van der Waals surface area contributed by atoms with Gasteiger partial charge in [-0.3, -0.25) is 4.99 Å². The van der Waals surface area contributed by atoms with Gasteiger partial charge in [-0.15, -0.1) is 24.0 Å². The van der Waals surface area contributed by atoms with Gasteiger partial charge in [0.05, 0.1) is 6.54 Å². The molecule has 2 aliphatic rings. The summed E-state index contributed by atoms with van der Waals surface area (Å²) in [5, 5.41) is 3.86. The number of guanidine groups is 1. The van der Waals surface area contributed by atoms with Gasteiger partial charge < -0.3 is 20.7 Å². The molecular weight excluding hydrogens is 451 g/mol. The SMILES string of the molecule is CC(NC1(CN=C(N)N2CCCCCC2)CCOCC1)c1ccccc1.I. The Labute approximate surface area is 181 Å². The maximum absolute atomic E-state index is 6.35. The predicted octanol–water partition coefficient (Wildman–Crippen LogP) is 3.70. The summed E-state index contributed by atoms with van der Waals surface area (Å²) in [4.78, 5) is 7.10. The van der Waals surface area contributed by atoms with E-state index >= 15 is 0 Å². The minimum Gasteiger partial charge on any atom is -0.381 e. The molecule has 0 spiro atoms. The van der Waals surface area contributed by atoms with Crippen molar-refractivity contribution in [3.05, 3.63) is 35.9 Å². The first-order valence-corrected chi connectivity index (χ1v) is 10.1. The normalized spacial score (nSPS) is 21.8. The number of benzene rings is 1. The number of rotatable bonds is 5. The van der Waals surface area contributed by atoms with Gasteiger partial charge in [-0.2, -0.15) is 0 Å². The summed E-state index contributed by atoms with van der Waals surface area (Å²) in [6.45, 7) is 6.60. The van der Waals surface area contributed by atoms with Crippen LogP contribution in [-0.4, -0.2) is 49.2 Å². The first kappa shape index (κ1) is 22.4. The fourth-order valence-electron chi connectivity index (χ4n) is 4.03. The van der Waals surface area contributed by atoms with Gasteiger partial charge in [0.25, 0.3) is 0 Å². The number of nitrogens with zero attached hydrogens (tertiary/aromatic N) is 2. The number of nitrogens with one attached hydrogen (secondary N) is 1. The van der Waals surface area contributed by atoms with Crippen molar-refractivity contribution in [1.82, 2.24) is 10.2 Å². The van der Waals surface area contributed by atoms with Crippen LogP contribution in [0.2, 0.25) is 0 Å². The highest BCUT2D eigenvalue weighted by Gasteiger charge is 2.34. The van der Waals surface area contributed by atoms with E-state index in [9.17, 15) is 0 Å². The van der Waals surface area contributed by atoms with E-state index < -0.39 is 0 Å². The molecular formula is C21H35IN4O. The highest BCUT2D eigenvalue weighted by molar-refractivity contribution is 14.0. The summed E-state index contributed by atoms with van der Waals surface area (Å²) < 4.78 is 5.62. The Hall–Kier alpha value is -0.860. The molecule has 3 N–H and O–H groups in total. The zero-order valence-electron chi connectivity index (χ0n) is 16.5. The van der Waals surface area contributed by atoms with E-state index in [0.717, 1.165) is 45.7 Å². The Morgan fingerprint density at radius 2 is 1.78 bits per heavy atom. The lowest BCUT2D eigenvalue weighted by atomic mass is 9.88. The van der Waals surface area contributed by atoms with Crippen molar-refractivity contribution >= 4 is 29.9 Å². The summed E-state index contributed by atoms with van der Waals surface area (Å²) in [5.41, 5.74) is 7.62. The van der Waals surface area contributed by atoms with Crippen molar-refractivity contribution in [1.29, 1.82) is 0 Å². The molecule has 2 fully saturated rings. The first-order valence-electron chi connectivity index (χ1n) is 10.1. The molecule has 2 heterocycles. The van der Waals surface area contributed by atoms with Gasteiger partial charge >= 0.3 is 0 Å². The predicted molar refractivity (Wildman–Crippen MR) is 123 cm³/mol. The van der Waals surface area contributed by atoms with Crippen LogP contribution < -0.4 is 11.1 Å². The van der Waals surface area contributed by atoms with E-state index in [1.165, 1.54) is 31.2 Å². The van der Waals surface area contributed by atoms with Gasteiger partial charge in [-0.25, -0.2) is 0 Å². The lowest BCUT2D eigenvalue weighted by Gasteiger charge is -2.39. The van der Waals surface area contributed by atoms with Crippen LogP contribution >= 0.6 is 24.0 Å². The highest BCUT2D eigenvalue weighted by atomic mass is 127. The summed E-state index contributed by atoms with van der Waals surface area (Å²) in [6, 6.07) is 10.9. The number of likely N-dealkylation sites (tertiary alicyclic amines) is 1. The van der Waals surface area contributed by atoms with Crippen LogP contribution in [0.15, 0.2) is 35.3 Å². The average Bonchev–Trinajstić information content (AvgIpc) is 2.97. The molecule has 0 radical (unpaired) electrons. The molecule has 1 atom stereocenters. The molecule has 2 saturated heterocycles. The molecule has 6 heteroatoms. The Kier molecular flexibility index (Phi) is 9.32. The number of halogens is 1. The minimum atomic E-state index is -0.0377. The standard InChI is InChI=1S/C21H34N4O.HI/c1-18(19-9-5-4-6-10-19)24-21(11-15-26-16-12-21)17-23-20(22)25-13-7-2-3-8-14-25;/h4-6,9-10,18,24H,2-3,7-8,11-17H2,1H3,(H2,22,23);1H. The van der Waals surface area contributed by atoms with E-state index in [1.807, 2.05) is 0 Å². The second-order valence-corrected chi connectivity index (χ2v) is 7.75. The van der Waals surface area contributed by atoms with Crippen molar-refractivity contribution in [3.63, 3.8) is 0 Å². The molecule has 0 aliphatic carbocycles. The van der Waals surface area contributed by atoms with Crippen molar-refractivity contribution in [2.75, 3.05) is 32.8 Å². The lowest BCUT2D eigenvalue weighted by molar-refractivity contribution is 0.0374. The molecule has 1 aromatic carbocycles. The summed E-state index contributed by atoms with van der Waals surface area (Å²) in [5.74, 6) is 0.715. The van der Waals surface area contributed by atoms with Gasteiger partial charge in [-0.1, -0.05) is 43.2 Å². The minimum absolute atomic E-state index is 0. The largest absolute Gasteiger partial charge is 0.381 e. The highest BCUT2D eigenvalue weighted by Crippen LogP contribution is 2.26. The van der Waals surface area contributed by atoms with Crippen LogP contribution in [0.5, 0.6) is 0 Å². The van der Waals surface area contributed by atoms with E-state index in [4.69, 9.17) is 15.5 Å². The number of ether oxygens (including phenoxy) is 1. The fraction of sp³-hybridized carbons (Fsp3) is 0.667. The molecule has 2 aliphatic heterocycles. The third-order valence-electron chi connectivity index (χ3n) is 5.75. The van der Waals surface area contributed by atoms with Crippen LogP contribution in [0.3, 0.4) is 0 Å². The Morgan fingerprint density at radius 3 is 2.41 bits per heavy atom. The average molecular weight is 486 g/mol. The smallest absolute Gasteiger partial charge is 0.191 e. The molecule has 0 aromatic heterocycles. The van der Waals surface area contributed by atoms with Crippen molar-refractivity contribution < 1.29 is 4.74 Å². The van der Waals surface area contributed by atoms with E-state index in [-0.39, 0.29) is 35.6 Å². The first-order chi connectivity index (χ1) is 12.7. The fourth-order valence-corrected chi connectivity index (χ4v) is 4.03. The maximum Gasteiger partial charge on any atom is 0.191 e. The Bertz CT molecular complexity index is 567.